The average Bonchev–Trinajstić information content (AvgIpc) is 2.98. The van der Waals surface area contributed by atoms with Crippen LogP contribution in [0.25, 0.3) is 0 Å². The van der Waals surface area contributed by atoms with Crippen molar-refractivity contribution in [1.29, 1.82) is 0 Å². The number of ether oxygens (including phenoxy) is 1. The Balaban J connectivity index is 2.26. The number of nitrogens with one attached hydrogen (secondary N) is 1. The van der Waals surface area contributed by atoms with Crippen LogP contribution in [0.1, 0.15) is 195 Å². The van der Waals surface area contributed by atoms with E-state index in [0.717, 1.165) is 44.7 Å². The minimum Gasteiger partial charge on any atom is -0.462 e. The van der Waals surface area contributed by atoms with Crippen LogP contribution >= 0.6 is 0 Å². The molecule has 1 unspecified atom stereocenters. The molecule has 1 rings (SSSR count). The number of rotatable bonds is 28. The first-order valence-corrected chi connectivity index (χ1v) is 22.6. The van der Waals surface area contributed by atoms with Crippen LogP contribution in [0.2, 0.25) is 18.1 Å². The topological polar surface area (TPSA) is 47.6 Å². The molecule has 0 bridgehead atoms. The Bertz CT molecular complexity index is 655. The third-order valence-corrected chi connectivity index (χ3v) is 15.1. The fourth-order valence-corrected chi connectivity index (χ4v) is 7.86. The molecule has 0 spiro atoms. The second kappa shape index (κ2) is 25.7. The van der Waals surface area contributed by atoms with Gasteiger partial charge in [0.2, 0.25) is 0 Å². The van der Waals surface area contributed by atoms with Gasteiger partial charge in [0, 0.05) is 13.0 Å². The molecular weight excluding hydrogens is 559 g/mol. The van der Waals surface area contributed by atoms with Crippen LogP contribution in [-0.4, -0.2) is 39.6 Å². The van der Waals surface area contributed by atoms with Crippen LogP contribution in [0.15, 0.2) is 0 Å². The van der Waals surface area contributed by atoms with Crippen LogP contribution in [0, 0.1) is 5.92 Å². The largest absolute Gasteiger partial charge is 0.462 e. The number of unbranched alkanes of at least 4 members (excludes halogenated alkanes) is 14. The Morgan fingerprint density at radius 1 is 0.727 bits per heavy atom. The molecule has 0 aromatic heterocycles. The number of carbonyl (C=O) groups excluding carboxylic acids is 1. The highest BCUT2D eigenvalue weighted by Crippen LogP contribution is 2.39. The molecule has 5 heteroatoms. The highest BCUT2D eigenvalue weighted by Gasteiger charge is 2.40. The molecule has 0 radical (unpaired) electrons. The Labute approximate surface area is 277 Å². The lowest BCUT2D eigenvalue weighted by molar-refractivity contribution is -0.150. The summed E-state index contributed by atoms with van der Waals surface area (Å²) in [6.07, 6.45) is 31.4. The van der Waals surface area contributed by atoms with Crippen molar-refractivity contribution in [3.8, 4) is 0 Å². The van der Waals surface area contributed by atoms with Crippen LogP contribution in [0.3, 0.4) is 0 Å². The van der Waals surface area contributed by atoms with Crippen molar-refractivity contribution in [3.05, 3.63) is 0 Å². The predicted octanol–water partition coefficient (Wildman–Crippen LogP) is 12.3. The van der Waals surface area contributed by atoms with Gasteiger partial charge in [-0.1, -0.05) is 137 Å². The van der Waals surface area contributed by atoms with E-state index in [9.17, 15) is 4.79 Å². The molecule has 0 heterocycles. The second-order valence-corrected chi connectivity index (χ2v) is 20.5. The van der Waals surface area contributed by atoms with Gasteiger partial charge in [-0.2, -0.15) is 0 Å². The van der Waals surface area contributed by atoms with E-state index in [1.165, 1.54) is 128 Å². The van der Waals surface area contributed by atoms with Gasteiger partial charge in [-0.05, 0) is 82.0 Å². The van der Waals surface area contributed by atoms with Crippen molar-refractivity contribution >= 4 is 14.3 Å². The van der Waals surface area contributed by atoms with Crippen molar-refractivity contribution in [2.75, 3.05) is 13.1 Å². The Kier molecular flexibility index (Phi) is 24.3. The van der Waals surface area contributed by atoms with E-state index < -0.39 is 8.32 Å². The van der Waals surface area contributed by atoms with Crippen LogP contribution < -0.4 is 5.32 Å². The average molecular weight is 638 g/mol. The molecule has 1 atom stereocenters. The van der Waals surface area contributed by atoms with E-state index in [2.05, 4.69) is 53.0 Å². The first-order valence-electron chi connectivity index (χ1n) is 19.7. The van der Waals surface area contributed by atoms with Crippen LogP contribution in [0.5, 0.6) is 0 Å². The minimum atomic E-state index is -1.77. The zero-order chi connectivity index (χ0) is 32.5. The predicted molar refractivity (Wildman–Crippen MR) is 195 cm³/mol. The normalized spacial score (nSPS) is 15.6. The van der Waals surface area contributed by atoms with Gasteiger partial charge >= 0.3 is 5.97 Å². The highest BCUT2D eigenvalue weighted by molar-refractivity contribution is 6.74. The molecule has 1 N–H and O–H groups in total. The van der Waals surface area contributed by atoms with Gasteiger partial charge in [0.1, 0.15) is 6.10 Å². The van der Waals surface area contributed by atoms with E-state index in [4.69, 9.17) is 9.16 Å². The molecule has 1 fully saturated rings. The van der Waals surface area contributed by atoms with E-state index in [-0.39, 0.29) is 17.1 Å². The van der Waals surface area contributed by atoms with Crippen LogP contribution in [0.4, 0.5) is 0 Å². The zero-order valence-electron chi connectivity index (χ0n) is 31.0. The van der Waals surface area contributed by atoms with Gasteiger partial charge in [-0.25, -0.2) is 0 Å². The zero-order valence-corrected chi connectivity index (χ0v) is 32.0. The Morgan fingerprint density at radius 3 is 1.77 bits per heavy atom. The standard InChI is InChI=1S/C39H79NO3Si/c1-8-10-12-14-17-24-30-36(31-25-18-15-13-11-9-2)42-38(41)32-26-19-16-20-27-33-40-34-37(35-28-22-21-23-29-35)43-44(6,7)39(3,4)5/h35-37,40H,8-34H2,1-7H3. The quantitative estimate of drug-likeness (QED) is 0.0527. The molecule has 44 heavy (non-hydrogen) atoms. The maximum absolute atomic E-state index is 12.7. The molecule has 0 aliphatic heterocycles. The minimum absolute atomic E-state index is 0.0455. The van der Waals surface area contributed by atoms with E-state index in [1.54, 1.807) is 0 Å². The van der Waals surface area contributed by atoms with Gasteiger partial charge < -0.3 is 14.5 Å². The molecule has 1 aliphatic rings. The van der Waals surface area contributed by atoms with Crippen molar-refractivity contribution < 1.29 is 14.0 Å². The summed E-state index contributed by atoms with van der Waals surface area (Å²) in [5, 5.41) is 4.03. The maximum Gasteiger partial charge on any atom is 0.306 e. The first-order chi connectivity index (χ1) is 21.1. The maximum atomic E-state index is 12.7. The molecule has 0 amide bonds. The Hall–Kier alpha value is -0.393. The third-order valence-electron chi connectivity index (χ3n) is 10.6. The third kappa shape index (κ3) is 20.7. The number of hydrogen-bond acceptors (Lipinski definition) is 4. The second-order valence-electron chi connectivity index (χ2n) is 15.8. The molecule has 262 valence electrons. The van der Waals surface area contributed by atoms with Gasteiger partial charge in [0.15, 0.2) is 8.32 Å². The summed E-state index contributed by atoms with van der Waals surface area (Å²) < 4.78 is 13.0. The Morgan fingerprint density at radius 2 is 1.23 bits per heavy atom. The molecule has 1 aliphatic carbocycles. The summed E-state index contributed by atoms with van der Waals surface area (Å²) in [5.74, 6) is 0.769. The summed E-state index contributed by atoms with van der Waals surface area (Å²) in [4.78, 5) is 12.7. The van der Waals surface area contributed by atoms with E-state index in [1.807, 2.05) is 0 Å². The lowest BCUT2D eigenvalue weighted by Gasteiger charge is -2.42. The van der Waals surface area contributed by atoms with Crippen molar-refractivity contribution in [1.82, 2.24) is 5.32 Å². The monoisotopic (exact) mass is 638 g/mol. The molecule has 4 nitrogen and oxygen atoms in total. The molecule has 0 aromatic carbocycles. The van der Waals surface area contributed by atoms with Gasteiger partial charge in [0.05, 0.1) is 6.10 Å². The fraction of sp³-hybridized carbons (Fsp3) is 0.974. The van der Waals surface area contributed by atoms with Crippen molar-refractivity contribution in [2.45, 2.75) is 225 Å². The van der Waals surface area contributed by atoms with E-state index in [0.29, 0.717) is 12.5 Å². The summed E-state index contributed by atoms with van der Waals surface area (Å²) in [6, 6.07) is 0. The molecular formula is C39H79NO3Si. The van der Waals surface area contributed by atoms with Gasteiger partial charge in [-0.3, -0.25) is 4.79 Å². The van der Waals surface area contributed by atoms with Crippen molar-refractivity contribution in [2.24, 2.45) is 5.92 Å². The van der Waals surface area contributed by atoms with Gasteiger partial charge in [-0.15, -0.1) is 0 Å². The number of esters is 1. The van der Waals surface area contributed by atoms with Gasteiger partial charge in [0.25, 0.3) is 0 Å². The summed E-state index contributed by atoms with van der Waals surface area (Å²) >= 11 is 0. The molecule has 1 saturated carbocycles. The van der Waals surface area contributed by atoms with Crippen molar-refractivity contribution in [3.63, 3.8) is 0 Å². The summed E-state index contributed by atoms with van der Waals surface area (Å²) in [7, 11) is -1.77. The number of carbonyl (C=O) groups is 1. The fourth-order valence-electron chi connectivity index (χ4n) is 6.47. The van der Waals surface area contributed by atoms with Crippen LogP contribution in [-0.2, 0) is 14.0 Å². The SMILES string of the molecule is CCCCCCCCC(CCCCCCCC)OC(=O)CCCCCCCNCC(O[Si](C)(C)C(C)(C)C)C1CCCCC1. The molecule has 0 saturated heterocycles. The summed E-state index contributed by atoms with van der Waals surface area (Å²) in [6.45, 7) is 18.5. The lowest BCUT2D eigenvalue weighted by Crippen LogP contribution is -2.49. The molecule has 0 aromatic rings. The lowest BCUT2D eigenvalue weighted by atomic mass is 9.85. The smallest absolute Gasteiger partial charge is 0.306 e. The first kappa shape index (κ1) is 41.6. The highest BCUT2D eigenvalue weighted by atomic mass is 28.4. The van der Waals surface area contributed by atoms with E-state index >= 15 is 0 Å². The number of hydrogen-bond donors (Lipinski definition) is 1. The summed E-state index contributed by atoms with van der Waals surface area (Å²) in [5.41, 5.74) is 0.